The van der Waals surface area contributed by atoms with Crippen LogP contribution in [0.5, 0.6) is 11.5 Å². The SMILES string of the molecule is COc1cc(C2C3=C(CC(C)(C)CC3=O)Nc3nnnn32)ccc1OCc1c(F)cccc1Cl. The molecule has 1 aromatic heterocycles. The van der Waals surface area contributed by atoms with E-state index in [2.05, 4.69) is 34.7 Å². The second kappa shape index (κ2) is 8.39. The predicted octanol–water partition coefficient (Wildman–Crippen LogP) is 4.71. The van der Waals surface area contributed by atoms with Gasteiger partial charge in [0.1, 0.15) is 18.5 Å². The fourth-order valence-corrected chi connectivity index (χ4v) is 4.79. The molecule has 0 saturated heterocycles. The number of methoxy groups -OCH3 is 1. The van der Waals surface area contributed by atoms with Gasteiger partial charge in [0.15, 0.2) is 17.3 Å². The molecule has 0 spiro atoms. The maximum absolute atomic E-state index is 14.1. The van der Waals surface area contributed by atoms with Gasteiger partial charge in [0.2, 0.25) is 5.95 Å². The Kier molecular flexibility index (Phi) is 5.51. The van der Waals surface area contributed by atoms with Crippen molar-refractivity contribution >= 4 is 23.3 Å². The number of halogens is 2. The topological polar surface area (TPSA) is 91.2 Å². The second-order valence-electron chi connectivity index (χ2n) is 9.21. The summed E-state index contributed by atoms with van der Waals surface area (Å²) in [6.07, 6.45) is 1.14. The van der Waals surface area contributed by atoms with Crippen molar-refractivity contribution in [3.63, 3.8) is 0 Å². The molecular formula is C24H23ClFN5O3. The Bertz CT molecular complexity index is 1300. The number of nitrogens with zero attached hydrogens (tertiary/aromatic N) is 4. The van der Waals surface area contributed by atoms with Gasteiger partial charge in [0.05, 0.1) is 12.1 Å². The van der Waals surface area contributed by atoms with Crippen LogP contribution in [0.2, 0.25) is 5.02 Å². The van der Waals surface area contributed by atoms with Gasteiger partial charge in [-0.15, -0.1) is 0 Å². The van der Waals surface area contributed by atoms with E-state index >= 15 is 0 Å². The molecule has 10 heteroatoms. The first-order chi connectivity index (χ1) is 16.3. The van der Waals surface area contributed by atoms with Crippen LogP contribution in [0.15, 0.2) is 47.7 Å². The molecule has 176 valence electrons. The third kappa shape index (κ3) is 3.90. The van der Waals surface area contributed by atoms with E-state index in [0.717, 1.165) is 11.3 Å². The third-order valence-corrected chi connectivity index (χ3v) is 6.48. The van der Waals surface area contributed by atoms with Gasteiger partial charge in [0.25, 0.3) is 0 Å². The number of Topliss-reactive ketones (excluding diaryl/α,β-unsaturated/α-hetero) is 1. The number of hydrogen-bond acceptors (Lipinski definition) is 7. The molecule has 34 heavy (non-hydrogen) atoms. The van der Waals surface area contributed by atoms with Crippen LogP contribution in [0.25, 0.3) is 0 Å². The van der Waals surface area contributed by atoms with Crippen LogP contribution in [0.3, 0.4) is 0 Å². The van der Waals surface area contributed by atoms with Crippen molar-refractivity contribution in [1.29, 1.82) is 0 Å². The van der Waals surface area contributed by atoms with E-state index in [0.29, 0.717) is 35.9 Å². The number of hydrogen-bond donors (Lipinski definition) is 1. The molecule has 1 atom stereocenters. The molecule has 2 heterocycles. The number of tetrazole rings is 1. The van der Waals surface area contributed by atoms with Gasteiger partial charge in [-0.05, 0) is 52.1 Å². The number of allylic oxidation sites excluding steroid dienone is 2. The number of carbonyl (C=O) groups is 1. The number of benzene rings is 2. The highest BCUT2D eigenvalue weighted by atomic mass is 35.5. The number of ether oxygens (including phenoxy) is 2. The Morgan fingerprint density at radius 3 is 2.82 bits per heavy atom. The minimum absolute atomic E-state index is 0.0541. The summed E-state index contributed by atoms with van der Waals surface area (Å²) in [5.74, 6) is 0.939. The largest absolute Gasteiger partial charge is 0.493 e. The first-order valence-corrected chi connectivity index (χ1v) is 11.2. The van der Waals surface area contributed by atoms with Gasteiger partial charge in [-0.1, -0.05) is 42.7 Å². The van der Waals surface area contributed by atoms with Crippen molar-refractivity contribution in [3.05, 3.63) is 69.6 Å². The summed E-state index contributed by atoms with van der Waals surface area (Å²) in [6, 6.07) is 9.33. The van der Waals surface area contributed by atoms with Crippen molar-refractivity contribution in [3.8, 4) is 11.5 Å². The van der Waals surface area contributed by atoms with Crippen LogP contribution in [-0.2, 0) is 11.4 Å². The van der Waals surface area contributed by atoms with Crippen molar-refractivity contribution in [2.45, 2.75) is 39.3 Å². The van der Waals surface area contributed by atoms with Gasteiger partial charge in [-0.3, -0.25) is 4.79 Å². The van der Waals surface area contributed by atoms with Gasteiger partial charge in [-0.25, -0.2) is 4.39 Å². The Hall–Kier alpha value is -3.46. The molecule has 1 aliphatic heterocycles. The molecule has 0 fully saturated rings. The minimum Gasteiger partial charge on any atom is -0.493 e. The first kappa shape index (κ1) is 22.3. The van der Waals surface area contributed by atoms with Gasteiger partial charge >= 0.3 is 0 Å². The molecule has 0 amide bonds. The van der Waals surface area contributed by atoms with Crippen LogP contribution in [0.1, 0.15) is 43.9 Å². The molecule has 0 radical (unpaired) electrons. The van der Waals surface area contributed by atoms with Crippen molar-refractivity contribution in [2.24, 2.45) is 5.41 Å². The van der Waals surface area contributed by atoms with E-state index in [9.17, 15) is 9.18 Å². The number of nitrogens with one attached hydrogen (secondary N) is 1. The molecule has 1 aliphatic carbocycles. The molecule has 0 bridgehead atoms. The Labute approximate surface area is 200 Å². The maximum atomic E-state index is 14.1. The zero-order chi connectivity index (χ0) is 24.0. The number of rotatable bonds is 5. The van der Waals surface area contributed by atoms with Gasteiger partial charge in [-0.2, -0.15) is 4.68 Å². The molecular weight excluding hydrogens is 461 g/mol. The molecule has 8 nitrogen and oxygen atoms in total. The molecule has 2 aliphatic rings. The van der Waals surface area contributed by atoms with Gasteiger partial charge in [0, 0.05) is 23.3 Å². The summed E-state index contributed by atoms with van der Waals surface area (Å²) >= 11 is 6.12. The summed E-state index contributed by atoms with van der Waals surface area (Å²) in [4.78, 5) is 13.2. The first-order valence-electron chi connectivity index (χ1n) is 10.8. The van der Waals surface area contributed by atoms with E-state index < -0.39 is 11.9 Å². The van der Waals surface area contributed by atoms with E-state index in [1.807, 2.05) is 6.07 Å². The zero-order valence-electron chi connectivity index (χ0n) is 18.9. The number of carbonyl (C=O) groups excluding carboxylic acids is 1. The van der Waals surface area contributed by atoms with E-state index in [1.165, 1.54) is 13.2 Å². The fraction of sp³-hybridized carbons (Fsp3) is 0.333. The number of aromatic nitrogens is 4. The van der Waals surface area contributed by atoms with E-state index in [-0.39, 0.29) is 28.4 Å². The monoisotopic (exact) mass is 483 g/mol. The summed E-state index contributed by atoms with van der Waals surface area (Å²) in [5.41, 5.74) is 2.35. The number of anilines is 1. The lowest BCUT2D eigenvalue weighted by Crippen LogP contribution is -2.36. The molecule has 1 N–H and O–H groups in total. The quantitative estimate of drug-likeness (QED) is 0.561. The van der Waals surface area contributed by atoms with Crippen LogP contribution >= 0.6 is 11.6 Å². The van der Waals surface area contributed by atoms with Crippen molar-refractivity contribution < 1.29 is 18.7 Å². The summed E-state index contributed by atoms with van der Waals surface area (Å²) < 4.78 is 27.1. The van der Waals surface area contributed by atoms with Crippen molar-refractivity contribution in [1.82, 2.24) is 20.2 Å². The number of ketones is 1. The molecule has 1 unspecified atom stereocenters. The third-order valence-electron chi connectivity index (χ3n) is 6.13. The highest BCUT2D eigenvalue weighted by Gasteiger charge is 2.42. The van der Waals surface area contributed by atoms with Crippen molar-refractivity contribution in [2.75, 3.05) is 12.4 Å². The molecule has 5 rings (SSSR count). The Balaban J connectivity index is 1.51. The van der Waals surface area contributed by atoms with Crippen LogP contribution in [0.4, 0.5) is 10.3 Å². The van der Waals surface area contributed by atoms with Gasteiger partial charge < -0.3 is 14.8 Å². The predicted molar refractivity (Wildman–Crippen MR) is 123 cm³/mol. The lowest BCUT2D eigenvalue weighted by atomic mass is 9.73. The minimum atomic E-state index is -0.506. The maximum Gasteiger partial charge on any atom is 0.248 e. The molecule has 0 saturated carbocycles. The number of fused-ring (bicyclic) bond motifs is 1. The van der Waals surface area contributed by atoms with Crippen LogP contribution in [0, 0.1) is 11.2 Å². The lowest BCUT2D eigenvalue weighted by molar-refractivity contribution is -0.118. The zero-order valence-corrected chi connectivity index (χ0v) is 19.7. The van der Waals surface area contributed by atoms with Crippen LogP contribution in [-0.4, -0.2) is 33.1 Å². The smallest absolute Gasteiger partial charge is 0.248 e. The lowest BCUT2D eigenvalue weighted by Gasteiger charge is -2.37. The van der Waals surface area contributed by atoms with Crippen LogP contribution < -0.4 is 14.8 Å². The Morgan fingerprint density at radius 2 is 2.06 bits per heavy atom. The van der Waals surface area contributed by atoms with E-state index in [1.54, 1.807) is 28.9 Å². The molecule has 2 aromatic carbocycles. The average Bonchev–Trinajstić information content (AvgIpc) is 3.24. The molecule has 3 aromatic rings. The fourth-order valence-electron chi connectivity index (χ4n) is 4.57. The van der Waals surface area contributed by atoms with E-state index in [4.69, 9.17) is 21.1 Å². The highest BCUT2D eigenvalue weighted by Crippen LogP contribution is 2.46. The summed E-state index contributed by atoms with van der Waals surface area (Å²) in [7, 11) is 1.52. The Morgan fingerprint density at radius 1 is 1.24 bits per heavy atom. The highest BCUT2D eigenvalue weighted by molar-refractivity contribution is 6.31. The average molecular weight is 484 g/mol. The normalized spacial score (nSPS) is 18.7. The summed E-state index contributed by atoms with van der Waals surface area (Å²) in [6.45, 7) is 4.08. The second-order valence-corrected chi connectivity index (χ2v) is 9.61. The summed E-state index contributed by atoms with van der Waals surface area (Å²) in [5, 5.41) is 15.5. The standard InChI is InChI=1S/C24H23ClFN5O3/c1-24(2)10-17-21(18(32)11-24)22(31-23(27-17)28-29-30-31)13-7-8-19(20(9-13)33-3)34-12-14-15(25)5-4-6-16(14)26/h4-9,22H,10-12H2,1-3H3,(H,27,28,30).